The zero-order chi connectivity index (χ0) is 30.1. The molecule has 1 aromatic carbocycles. The largest absolute Gasteiger partial charge is 0.444 e. The summed E-state index contributed by atoms with van der Waals surface area (Å²) in [6.07, 6.45) is 5.29. The van der Waals surface area contributed by atoms with Gasteiger partial charge < -0.3 is 24.6 Å². The van der Waals surface area contributed by atoms with Crippen molar-refractivity contribution in [2.24, 2.45) is 0 Å². The second-order valence-electron chi connectivity index (χ2n) is 13.7. The van der Waals surface area contributed by atoms with Crippen LogP contribution in [0.2, 0.25) is 0 Å². The highest BCUT2D eigenvalue weighted by atomic mass is 16.6. The average Bonchev–Trinajstić information content (AvgIpc) is 2.93. The van der Waals surface area contributed by atoms with Crippen molar-refractivity contribution in [1.82, 2.24) is 20.1 Å². The number of anilines is 1. The quantitative estimate of drug-likeness (QED) is 0.516. The van der Waals surface area contributed by atoms with E-state index in [2.05, 4.69) is 34.5 Å². The maximum Gasteiger partial charge on any atom is 0.410 e. The first kappa shape index (κ1) is 30.1. The fourth-order valence-corrected chi connectivity index (χ4v) is 6.22. The highest BCUT2D eigenvalue weighted by Gasteiger charge is 2.36. The predicted octanol–water partition coefficient (Wildman–Crippen LogP) is 5.47. The molecular formula is C33H47N5O4. The molecular weight excluding hydrogens is 530 g/mol. The zero-order valence-corrected chi connectivity index (χ0v) is 26.1. The molecule has 2 amide bonds. The lowest BCUT2D eigenvalue weighted by molar-refractivity contribution is 0.0116. The summed E-state index contributed by atoms with van der Waals surface area (Å²) in [6, 6.07) is 10.7. The monoisotopic (exact) mass is 577 g/mol. The smallest absolute Gasteiger partial charge is 0.410 e. The Morgan fingerprint density at radius 2 is 1.62 bits per heavy atom. The normalized spacial score (nSPS) is 21.0. The third-order valence-corrected chi connectivity index (χ3v) is 8.16. The molecule has 42 heavy (non-hydrogen) atoms. The topological polar surface area (TPSA) is 87.2 Å². The van der Waals surface area contributed by atoms with Crippen LogP contribution in [0.5, 0.6) is 0 Å². The van der Waals surface area contributed by atoms with Crippen molar-refractivity contribution < 1.29 is 19.1 Å². The number of aromatic nitrogens is 1. The summed E-state index contributed by atoms with van der Waals surface area (Å²) in [4.78, 5) is 36.9. The van der Waals surface area contributed by atoms with Crippen molar-refractivity contribution in [2.45, 2.75) is 97.1 Å². The Kier molecular flexibility index (Phi) is 8.69. The molecule has 0 spiro atoms. The van der Waals surface area contributed by atoms with E-state index >= 15 is 0 Å². The van der Waals surface area contributed by atoms with Crippen LogP contribution in [0.1, 0.15) is 82.8 Å². The van der Waals surface area contributed by atoms with Gasteiger partial charge in [-0.15, -0.1) is 0 Å². The van der Waals surface area contributed by atoms with Gasteiger partial charge in [0.25, 0.3) is 0 Å². The van der Waals surface area contributed by atoms with Crippen LogP contribution in [0.25, 0.3) is 0 Å². The van der Waals surface area contributed by atoms with Gasteiger partial charge in [-0.05, 0) is 96.0 Å². The highest BCUT2D eigenvalue weighted by molar-refractivity contribution is 5.71. The maximum absolute atomic E-state index is 13.5. The number of carbonyl (C=O) groups is 2. The van der Waals surface area contributed by atoms with Crippen LogP contribution in [-0.2, 0) is 28.9 Å². The summed E-state index contributed by atoms with van der Waals surface area (Å²) in [5.41, 5.74) is 4.98. The van der Waals surface area contributed by atoms with Gasteiger partial charge in [0.2, 0.25) is 0 Å². The van der Waals surface area contributed by atoms with Gasteiger partial charge in [-0.2, -0.15) is 0 Å². The third kappa shape index (κ3) is 7.17. The number of hydrogen-bond donors (Lipinski definition) is 1. The Hall–Kier alpha value is -3.33. The molecule has 0 radical (unpaired) electrons. The van der Waals surface area contributed by atoms with Crippen LogP contribution in [-0.4, -0.2) is 76.9 Å². The number of piperazine rings is 1. The van der Waals surface area contributed by atoms with Crippen molar-refractivity contribution in [1.29, 1.82) is 0 Å². The number of aryl methyl sites for hydroxylation is 1. The van der Waals surface area contributed by atoms with E-state index < -0.39 is 11.2 Å². The molecule has 2 unspecified atom stereocenters. The van der Waals surface area contributed by atoms with Crippen LogP contribution >= 0.6 is 0 Å². The van der Waals surface area contributed by atoms with Crippen LogP contribution in [0.3, 0.4) is 0 Å². The van der Waals surface area contributed by atoms with Crippen LogP contribution < -0.4 is 10.2 Å². The Bertz CT molecular complexity index is 1280. The molecule has 2 atom stereocenters. The molecule has 9 heteroatoms. The van der Waals surface area contributed by atoms with Gasteiger partial charge in [-0.1, -0.05) is 18.2 Å². The van der Waals surface area contributed by atoms with Crippen molar-refractivity contribution >= 4 is 17.9 Å². The number of amides is 2. The molecule has 1 N–H and O–H groups in total. The van der Waals surface area contributed by atoms with E-state index in [1.54, 1.807) is 4.90 Å². The molecule has 0 saturated carbocycles. The minimum Gasteiger partial charge on any atom is -0.444 e. The lowest BCUT2D eigenvalue weighted by Gasteiger charge is -2.42. The standard InChI is InChI=1S/C33H47N5O4/c1-32(2,3)41-30(39)37-18-16-36(17-19-37)28-14-8-11-24-22-38(31(40)42-33(4,5)6)25(20-26(24)28)21-35-27-13-7-10-23-12-9-15-34-29(23)27/h8-9,11-12,14-15,25,27,35H,7,10,13,16-22H2,1-6H3. The molecule has 1 aliphatic carbocycles. The Balaban J connectivity index is 1.34. The number of pyridine rings is 1. The number of nitrogens with one attached hydrogen (secondary N) is 1. The number of hydrogen-bond acceptors (Lipinski definition) is 7. The lowest BCUT2D eigenvalue weighted by atomic mass is 9.90. The van der Waals surface area contributed by atoms with Crippen molar-refractivity contribution in [2.75, 3.05) is 37.6 Å². The number of carbonyl (C=O) groups excluding carboxylic acids is 2. The van der Waals surface area contributed by atoms with Crippen molar-refractivity contribution in [3.8, 4) is 0 Å². The number of fused-ring (bicyclic) bond motifs is 2. The summed E-state index contributed by atoms with van der Waals surface area (Å²) < 4.78 is 11.5. The van der Waals surface area contributed by atoms with Gasteiger partial charge in [-0.3, -0.25) is 9.88 Å². The van der Waals surface area contributed by atoms with E-state index in [-0.39, 0.29) is 24.3 Å². The Morgan fingerprint density at radius 1 is 0.929 bits per heavy atom. The van der Waals surface area contributed by atoms with Crippen molar-refractivity contribution in [3.05, 3.63) is 58.9 Å². The average molecular weight is 578 g/mol. The second-order valence-corrected chi connectivity index (χ2v) is 13.7. The predicted molar refractivity (Wildman–Crippen MR) is 164 cm³/mol. The molecule has 1 fully saturated rings. The minimum absolute atomic E-state index is 0.0642. The molecule has 9 nitrogen and oxygen atoms in total. The van der Waals surface area contributed by atoms with Crippen LogP contribution in [0.15, 0.2) is 36.5 Å². The summed E-state index contributed by atoms with van der Waals surface area (Å²) in [5, 5.41) is 3.78. The number of nitrogens with zero attached hydrogens (tertiary/aromatic N) is 4. The molecule has 3 heterocycles. The summed E-state index contributed by atoms with van der Waals surface area (Å²) in [5.74, 6) is 0. The van der Waals surface area contributed by atoms with Gasteiger partial charge >= 0.3 is 12.2 Å². The highest BCUT2D eigenvalue weighted by Crippen LogP contribution is 2.34. The number of benzene rings is 1. The molecule has 5 rings (SSSR count). The summed E-state index contributed by atoms with van der Waals surface area (Å²) >= 11 is 0. The van der Waals surface area contributed by atoms with Crippen molar-refractivity contribution in [3.63, 3.8) is 0 Å². The van der Waals surface area contributed by atoms with Crippen LogP contribution in [0, 0.1) is 0 Å². The second kappa shape index (κ2) is 12.1. The van der Waals surface area contributed by atoms with Gasteiger partial charge in [0.15, 0.2) is 0 Å². The summed E-state index contributed by atoms with van der Waals surface area (Å²) in [6.45, 7) is 15.3. The fourth-order valence-electron chi connectivity index (χ4n) is 6.22. The SMILES string of the molecule is CC(C)(C)OC(=O)N1CCN(c2cccc3c2CC(CNC2CCCc4cccnc42)N(C(=O)OC(C)(C)C)C3)CC1. The minimum atomic E-state index is -0.572. The zero-order valence-electron chi connectivity index (χ0n) is 26.1. The van der Waals surface area contributed by atoms with E-state index in [0.717, 1.165) is 50.0 Å². The molecule has 1 aromatic heterocycles. The first-order chi connectivity index (χ1) is 19.9. The molecule has 2 aromatic rings. The molecule has 3 aliphatic rings. The van der Waals surface area contributed by atoms with E-state index in [0.29, 0.717) is 26.2 Å². The molecule has 0 bridgehead atoms. The van der Waals surface area contributed by atoms with E-state index in [9.17, 15) is 9.59 Å². The Morgan fingerprint density at radius 3 is 2.33 bits per heavy atom. The third-order valence-electron chi connectivity index (χ3n) is 8.16. The lowest BCUT2D eigenvalue weighted by Crippen LogP contribution is -2.52. The number of rotatable bonds is 4. The number of ether oxygens (including phenoxy) is 2. The molecule has 228 valence electrons. The van der Waals surface area contributed by atoms with Gasteiger partial charge in [0.1, 0.15) is 11.2 Å². The van der Waals surface area contributed by atoms with E-state index in [1.807, 2.05) is 58.7 Å². The fraction of sp³-hybridized carbons (Fsp3) is 0.606. The molecule has 1 saturated heterocycles. The Labute approximate surface area is 250 Å². The first-order valence-corrected chi connectivity index (χ1v) is 15.4. The van der Waals surface area contributed by atoms with E-state index in [4.69, 9.17) is 14.5 Å². The molecule has 2 aliphatic heterocycles. The van der Waals surface area contributed by atoms with E-state index in [1.165, 1.54) is 16.8 Å². The summed E-state index contributed by atoms with van der Waals surface area (Å²) in [7, 11) is 0. The van der Waals surface area contributed by atoms with Gasteiger partial charge in [-0.25, -0.2) is 9.59 Å². The van der Waals surface area contributed by atoms with Gasteiger partial charge in [0.05, 0.1) is 11.7 Å². The maximum atomic E-state index is 13.5. The van der Waals surface area contributed by atoms with Gasteiger partial charge in [0, 0.05) is 57.2 Å². The first-order valence-electron chi connectivity index (χ1n) is 15.4. The van der Waals surface area contributed by atoms with Crippen LogP contribution in [0.4, 0.5) is 15.3 Å².